The van der Waals surface area contributed by atoms with Gasteiger partial charge >= 0.3 is 0 Å². The van der Waals surface area contributed by atoms with Crippen LogP contribution in [0.1, 0.15) is 12.0 Å². The Labute approximate surface area is 148 Å². The summed E-state index contributed by atoms with van der Waals surface area (Å²) in [6.07, 6.45) is 1.99. The lowest BCUT2D eigenvalue weighted by atomic mass is 10.1. The van der Waals surface area contributed by atoms with Crippen molar-refractivity contribution in [1.82, 2.24) is 0 Å². The van der Waals surface area contributed by atoms with Crippen molar-refractivity contribution in [2.45, 2.75) is 12.8 Å². The van der Waals surface area contributed by atoms with E-state index in [1.54, 1.807) is 6.07 Å². The number of hydrogen-bond donors (Lipinski definition) is 3. The first-order chi connectivity index (χ1) is 12.2. The topological polar surface area (TPSA) is 73.3 Å². The average Bonchev–Trinajstić information content (AvgIpc) is 2.62. The van der Waals surface area contributed by atoms with E-state index in [0.29, 0.717) is 18.0 Å². The van der Waals surface area contributed by atoms with E-state index in [1.165, 1.54) is 5.56 Å². The van der Waals surface area contributed by atoms with Crippen molar-refractivity contribution < 1.29 is 4.74 Å². The van der Waals surface area contributed by atoms with Gasteiger partial charge in [-0.15, -0.1) is 0 Å². The summed E-state index contributed by atoms with van der Waals surface area (Å²) in [6, 6.07) is 23.7. The van der Waals surface area contributed by atoms with Gasteiger partial charge in [0.1, 0.15) is 5.75 Å². The predicted octanol–water partition coefficient (Wildman–Crippen LogP) is 4.61. The highest BCUT2D eigenvalue weighted by atomic mass is 16.5. The molecule has 3 rings (SSSR count). The van der Waals surface area contributed by atoms with Crippen molar-refractivity contribution in [2.24, 2.45) is 0 Å². The van der Waals surface area contributed by atoms with Gasteiger partial charge in [0.05, 0.1) is 18.0 Å². The number of hydrogen-bond acceptors (Lipinski definition) is 4. The molecule has 0 saturated heterocycles. The Bertz CT molecular complexity index is 818. The molecule has 0 aliphatic carbocycles. The number of ether oxygens (including phenoxy) is 1. The Hall–Kier alpha value is -3.14. The molecule has 4 nitrogen and oxygen atoms in total. The third kappa shape index (κ3) is 4.91. The molecule has 0 radical (unpaired) electrons. The van der Waals surface area contributed by atoms with Gasteiger partial charge < -0.3 is 21.5 Å². The highest BCUT2D eigenvalue weighted by molar-refractivity contribution is 5.75. The lowest BCUT2D eigenvalue weighted by molar-refractivity contribution is 0.311. The van der Waals surface area contributed by atoms with E-state index in [1.807, 2.05) is 42.5 Å². The summed E-state index contributed by atoms with van der Waals surface area (Å²) >= 11 is 0. The molecule has 5 N–H and O–H groups in total. The van der Waals surface area contributed by atoms with Crippen LogP contribution in [-0.2, 0) is 6.42 Å². The van der Waals surface area contributed by atoms with Crippen molar-refractivity contribution in [2.75, 3.05) is 23.4 Å². The van der Waals surface area contributed by atoms with E-state index in [4.69, 9.17) is 16.2 Å². The molecular formula is C21H23N3O. The van der Waals surface area contributed by atoms with Crippen LogP contribution in [0.5, 0.6) is 5.75 Å². The Morgan fingerprint density at radius 3 is 2.48 bits per heavy atom. The van der Waals surface area contributed by atoms with E-state index < -0.39 is 0 Å². The molecule has 0 aliphatic heterocycles. The minimum Gasteiger partial charge on any atom is -0.494 e. The van der Waals surface area contributed by atoms with Gasteiger partial charge in [0.2, 0.25) is 0 Å². The van der Waals surface area contributed by atoms with Gasteiger partial charge in [0.25, 0.3) is 0 Å². The molecular weight excluding hydrogens is 310 g/mol. The second-order valence-electron chi connectivity index (χ2n) is 5.94. The van der Waals surface area contributed by atoms with E-state index in [9.17, 15) is 0 Å². The van der Waals surface area contributed by atoms with Gasteiger partial charge in [-0.3, -0.25) is 0 Å². The van der Waals surface area contributed by atoms with Crippen LogP contribution in [0.3, 0.4) is 0 Å². The van der Waals surface area contributed by atoms with Crippen LogP contribution in [0, 0.1) is 0 Å². The fourth-order valence-electron chi connectivity index (χ4n) is 2.63. The monoisotopic (exact) mass is 333 g/mol. The van der Waals surface area contributed by atoms with Crippen LogP contribution in [0.15, 0.2) is 72.8 Å². The lowest BCUT2D eigenvalue weighted by Crippen LogP contribution is -2.01. The highest BCUT2D eigenvalue weighted by Gasteiger charge is 2.02. The normalized spacial score (nSPS) is 10.4. The zero-order valence-corrected chi connectivity index (χ0v) is 14.1. The summed E-state index contributed by atoms with van der Waals surface area (Å²) in [4.78, 5) is 0. The smallest absolute Gasteiger partial charge is 0.121 e. The lowest BCUT2D eigenvalue weighted by Gasteiger charge is -2.12. The Kier molecular flexibility index (Phi) is 5.42. The first kappa shape index (κ1) is 16.7. The van der Waals surface area contributed by atoms with Gasteiger partial charge in [-0.25, -0.2) is 0 Å². The van der Waals surface area contributed by atoms with E-state index in [0.717, 1.165) is 30.0 Å². The molecule has 0 amide bonds. The molecule has 0 saturated carbocycles. The summed E-state index contributed by atoms with van der Waals surface area (Å²) in [5.41, 5.74) is 16.1. The van der Waals surface area contributed by atoms with E-state index in [2.05, 4.69) is 29.6 Å². The summed E-state index contributed by atoms with van der Waals surface area (Å²) in [5, 5.41) is 3.30. The maximum Gasteiger partial charge on any atom is 0.121 e. The standard InChI is InChI=1S/C21H23N3O/c22-17-11-12-21(20(23)14-17)24-18-9-4-10-19(15-18)25-13-5-8-16-6-2-1-3-7-16/h1-4,6-7,9-12,14-15,24H,5,8,13,22-23H2. The molecule has 0 aliphatic rings. The summed E-state index contributed by atoms with van der Waals surface area (Å²) in [7, 11) is 0. The Balaban J connectivity index is 1.54. The number of benzene rings is 3. The fourth-order valence-corrected chi connectivity index (χ4v) is 2.63. The number of anilines is 4. The molecule has 128 valence electrons. The molecule has 0 fully saturated rings. The molecule has 0 heterocycles. The van der Waals surface area contributed by atoms with Crippen LogP contribution in [0.4, 0.5) is 22.7 Å². The van der Waals surface area contributed by atoms with Crippen molar-refractivity contribution in [3.63, 3.8) is 0 Å². The first-order valence-corrected chi connectivity index (χ1v) is 8.39. The molecule has 3 aromatic carbocycles. The zero-order chi connectivity index (χ0) is 17.5. The van der Waals surface area contributed by atoms with Crippen LogP contribution in [-0.4, -0.2) is 6.61 Å². The average molecular weight is 333 g/mol. The largest absolute Gasteiger partial charge is 0.494 e. The summed E-state index contributed by atoms with van der Waals surface area (Å²) in [6.45, 7) is 0.683. The summed E-state index contributed by atoms with van der Waals surface area (Å²) in [5.74, 6) is 0.840. The molecule has 0 aromatic heterocycles. The Morgan fingerprint density at radius 2 is 1.68 bits per heavy atom. The highest BCUT2D eigenvalue weighted by Crippen LogP contribution is 2.27. The van der Waals surface area contributed by atoms with Crippen molar-refractivity contribution >= 4 is 22.7 Å². The quantitative estimate of drug-likeness (QED) is 0.436. The Morgan fingerprint density at radius 1 is 0.840 bits per heavy atom. The minimum atomic E-state index is 0.620. The SMILES string of the molecule is Nc1ccc(Nc2cccc(OCCCc3ccccc3)c2)c(N)c1. The maximum absolute atomic E-state index is 5.99. The molecule has 0 unspecified atom stereocenters. The number of nitrogens with two attached hydrogens (primary N) is 2. The molecule has 3 aromatic rings. The maximum atomic E-state index is 5.99. The third-order valence-corrected chi connectivity index (χ3v) is 3.91. The minimum absolute atomic E-state index is 0.620. The molecule has 0 atom stereocenters. The molecule has 0 spiro atoms. The molecule has 25 heavy (non-hydrogen) atoms. The second-order valence-corrected chi connectivity index (χ2v) is 5.94. The van der Waals surface area contributed by atoms with Gasteiger partial charge in [0, 0.05) is 17.4 Å². The number of rotatable bonds is 7. The third-order valence-electron chi connectivity index (χ3n) is 3.91. The van der Waals surface area contributed by atoms with Gasteiger partial charge in [-0.2, -0.15) is 0 Å². The predicted molar refractivity (Wildman–Crippen MR) is 105 cm³/mol. The van der Waals surface area contributed by atoms with E-state index in [-0.39, 0.29) is 0 Å². The van der Waals surface area contributed by atoms with E-state index >= 15 is 0 Å². The van der Waals surface area contributed by atoms with Crippen LogP contribution < -0.4 is 21.5 Å². The number of aryl methyl sites for hydroxylation is 1. The summed E-state index contributed by atoms with van der Waals surface area (Å²) < 4.78 is 5.86. The van der Waals surface area contributed by atoms with Crippen molar-refractivity contribution in [1.29, 1.82) is 0 Å². The van der Waals surface area contributed by atoms with Crippen LogP contribution >= 0.6 is 0 Å². The van der Waals surface area contributed by atoms with Gasteiger partial charge in [-0.1, -0.05) is 36.4 Å². The van der Waals surface area contributed by atoms with Crippen LogP contribution in [0.2, 0.25) is 0 Å². The second kappa shape index (κ2) is 8.11. The first-order valence-electron chi connectivity index (χ1n) is 8.39. The number of nitrogens with one attached hydrogen (secondary N) is 1. The van der Waals surface area contributed by atoms with Crippen molar-refractivity contribution in [3.8, 4) is 5.75 Å². The van der Waals surface area contributed by atoms with Gasteiger partial charge in [0.15, 0.2) is 0 Å². The molecule has 4 heteroatoms. The van der Waals surface area contributed by atoms with Crippen molar-refractivity contribution in [3.05, 3.63) is 78.4 Å². The number of nitrogen functional groups attached to an aromatic ring is 2. The zero-order valence-electron chi connectivity index (χ0n) is 14.1. The van der Waals surface area contributed by atoms with Gasteiger partial charge in [-0.05, 0) is 48.7 Å². The fraction of sp³-hybridized carbons (Fsp3) is 0.143. The molecule has 0 bridgehead atoms. The van der Waals surface area contributed by atoms with Crippen LogP contribution in [0.25, 0.3) is 0 Å².